The minimum Gasteiger partial charge on any atom is -0.376 e. The van der Waals surface area contributed by atoms with Gasteiger partial charge < -0.3 is 4.74 Å². The molecule has 1 amide bonds. The van der Waals surface area contributed by atoms with Crippen LogP contribution in [-0.2, 0) is 4.74 Å². The molecule has 1 saturated heterocycles. The van der Waals surface area contributed by atoms with Gasteiger partial charge in [-0.15, -0.1) is 23.5 Å². The first-order valence-corrected chi connectivity index (χ1v) is 13.1. The second kappa shape index (κ2) is 9.73. The Hall–Kier alpha value is -1.54. The zero-order chi connectivity index (χ0) is 21.1. The van der Waals surface area contributed by atoms with Gasteiger partial charge in [0.25, 0.3) is 5.91 Å². The summed E-state index contributed by atoms with van der Waals surface area (Å²) in [7, 11) is 0. The zero-order valence-corrected chi connectivity index (χ0v) is 19.9. The number of benzene rings is 2. The van der Waals surface area contributed by atoms with E-state index in [-0.39, 0.29) is 12.0 Å². The molecule has 3 aromatic rings. The number of carbonyl (C=O) groups excluding carboxylic acids is 1. The molecule has 0 saturated carbocycles. The topological polar surface area (TPSA) is 42.4 Å². The van der Waals surface area contributed by atoms with Crippen LogP contribution in [0, 0.1) is 0 Å². The van der Waals surface area contributed by atoms with Crippen molar-refractivity contribution in [2.24, 2.45) is 0 Å². The summed E-state index contributed by atoms with van der Waals surface area (Å²) in [5.74, 6) is -0.0131. The molecule has 0 radical (unpaired) electrons. The molecule has 1 aliphatic heterocycles. The molecule has 1 aliphatic rings. The molecule has 1 fully saturated rings. The number of fused-ring (bicyclic) bond motifs is 1. The molecule has 4 rings (SSSR count). The van der Waals surface area contributed by atoms with Crippen molar-refractivity contribution < 1.29 is 9.53 Å². The molecule has 1 unspecified atom stereocenters. The minimum atomic E-state index is -0.0131. The fourth-order valence-electron chi connectivity index (χ4n) is 3.51. The molecule has 0 aliphatic carbocycles. The number of anilines is 1. The Balaban J connectivity index is 1.68. The number of amides is 1. The number of carbonyl (C=O) groups is 1. The Bertz CT molecular complexity index is 1030. The lowest BCUT2D eigenvalue weighted by molar-refractivity contribution is 0.0917. The van der Waals surface area contributed by atoms with Crippen LogP contribution in [0.3, 0.4) is 0 Å². The van der Waals surface area contributed by atoms with Gasteiger partial charge in [0.15, 0.2) is 5.13 Å². The average Bonchev–Trinajstić information content (AvgIpc) is 3.40. The Labute approximate surface area is 190 Å². The highest BCUT2D eigenvalue weighted by Gasteiger charge is 2.27. The number of hydrogen-bond donors (Lipinski definition) is 0. The normalized spacial score (nSPS) is 16.5. The third-order valence-corrected chi connectivity index (χ3v) is 7.69. The van der Waals surface area contributed by atoms with Gasteiger partial charge in [-0.3, -0.25) is 9.69 Å². The van der Waals surface area contributed by atoms with Gasteiger partial charge in [-0.05, 0) is 55.5 Å². The number of thiazole rings is 1. The van der Waals surface area contributed by atoms with E-state index in [4.69, 9.17) is 9.72 Å². The lowest BCUT2D eigenvalue weighted by atomic mass is 10.2. The summed E-state index contributed by atoms with van der Waals surface area (Å²) in [6.07, 6.45) is 4.16. The standard InChI is InChI=1S/C23H26N2O2S3/c1-15(2)29-19-8-4-6-16(12-19)22(26)25(14-17-7-5-11-27-17)23-24-20-10-9-18(28-3)13-21(20)30-23/h4,6,8-10,12-13,15,17H,5,7,11,14H2,1-3H3. The van der Waals surface area contributed by atoms with Crippen molar-refractivity contribution in [2.45, 2.75) is 47.8 Å². The molecule has 1 atom stereocenters. The number of rotatable bonds is 7. The molecule has 0 bridgehead atoms. The first-order valence-electron chi connectivity index (χ1n) is 10.2. The van der Waals surface area contributed by atoms with Crippen LogP contribution in [0.1, 0.15) is 37.0 Å². The maximum absolute atomic E-state index is 13.6. The van der Waals surface area contributed by atoms with E-state index in [0.29, 0.717) is 17.4 Å². The zero-order valence-electron chi connectivity index (χ0n) is 17.5. The summed E-state index contributed by atoms with van der Waals surface area (Å²) in [5, 5.41) is 1.21. The fourth-order valence-corrected chi connectivity index (χ4v) is 5.93. The van der Waals surface area contributed by atoms with Gasteiger partial charge in [0.2, 0.25) is 0 Å². The van der Waals surface area contributed by atoms with Crippen LogP contribution in [0.15, 0.2) is 52.3 Å². The molecule has 2 heterocycles. The van der Waals surface area contributed by atoms with E-state index in [1.54, 1.807) is 34.9 Å². The summed E-state index contributed by atoms with van der Waals surface area (Å²) < 4.78 is 6.96. The molecule has 0 N–H and O–H groups in total. The lowest BCUT2D eigenvalue weighted by Gasteiger charge is -2.23. The van der Waals surface area contributed by atoms with Gasteiger partial charge in [0.05, 0.1) is 22.9 Å². The molecule has 158 valence electrons. The molecular weight excluding hydrogens is 432 g/mol. The van der Waals surface area contributed by atoms with Gasteiger partial charge in [-0.1, -0.05) is 31.3 Å². The van der Waals surface area contributed by atoms with E-state index in [2.05, 4.69) is 38.3 Å². The largest absolute Gasteiger partial charge is 0.376 e. The van der Waals surface area contributed by atoms with Crippen molar-refractivity contribution in [1.82, 2.24) is 4.98 Å². The Morgan fingerprint density at radius 3 is 2.87 bits per heavy atom. The Morgan fingerprint density at radius 1 is 1.27 bits per heavy atom. The number of thioether (sulfide) groups is 2. The minimum absolute atomic E-state index is 0.0131. The molecule has 7 heteroatoms. The first kappa shape index (κ1) is 21.7. The van der Waals surface area contributed by atoms with Crippen LogP contribution >= 0.6 is 34.9 Å². The third kappa shape index (κ3) is 5.02. The number of nitrogens with zero attached hydrogens (tertiary/aromatic N) is 2. The summed E-state index contributed by atoms with van der Waals surface area (Å²) >= 11 is 5.06. The van der Waals surface area contributed by atoms with Crippen LogP contribution in [0.4, 0.5) is 5.13 Å². The van der Waals surface area contributed by atoms with Gasteiger partial charge in [0, 0.05) is 27.2 Å². The van der Waals surface area contributed by atoms with Crippen LogP contribution < -0.4 is 4.90 Å². The molecule has 1 aromatic heterocycles. The first-order chi connectivity index (χ1) is 14.5. The van der Waals surface area contributed by atoms with Crippen LogP contribution in [-0.4, -0.2) is 41.7 Å². The highest BCUT2D eigenvalue weighted by atomic mass is 32.2. The second-order valence-electron chi connectivity index (χ2n) is 7.58. The maximum atomic E-state index is 13.6. The Kier molecular flexibility index (Phi) is 7.03. The van der Waals surface area contributed by atoms with Crippen molar-refractivity contribution in [2.75, 3.05) is 24.3 Å². The summed E-state index contributed by atoms with van der Waals surface area (Å²) in [6, 6.07) is 14.2. The molecule has 0 spiro atoms. The molecule has 4 nitrogen and oxygen atoms in total. The van der Waals surface area contributed by atoms with Gasteiger partial charge in [-0.25, -0.2) is 4.98 Å². The molecule has 30 heavy (non-hydrogen) atoms. The smallest absolute Gasteiger partial charge is 0.260 e. The molecular formula is C23H26N2O2S3. The predicted octanol–water partition coefficient (Wildman–Crippen LogP) is 6.34. The average molecular weight is 459 g/mol. The van der Waals surface area contributed by atoms with E-state index in [0.717, 1.165) is 39.7 Å². The van der Waals surface area contributed by atoms with Crippen LogP contribution in [0.5, 0.6) is 0 Å². The van der Waals surface area contributed by atoms with Crippen LogP contribution in [0.25, 0.3) is 10.2 Å². The second-order valence-corrected chi connectivity index (χ2v) is 11.1. The lowest BCUT2D eigenvalue weighted by Crippen LogP contribution is -2.37. The van der Waals surface area contributed by atoms with E-state index >= 15 is 0 Å². The van der Waals surface area contributed by atoms with E-state index in [1.807, 2.05) is 29.2 Å². The van der Waals surface area contributed by atoms with E-state index in [9.17, 15) is 4.79 Å². The highest BCUT2D eigenvalue weighted by molar-refractivity contribution is 8.00. The van der Waals surface area contributed by atoms with E-state index < -0.39 is 0 Å². The number of aromatic nitrogens is 1. The van der Waals surface area contributed by atoms with Crippen molar-refractivity contribution in [3.8, 4) is 0 Å². The van der Waals surface area contributed by atoms with Crippen molar-refractivity contribution in [1.29, 1.82) is 0 Å². The summed E-state index contributed by atoms with van der Waals surface area (Å²) in [4.78, 5) is 22.5. The van der Waals surface area contributed by atoms with Crippen molar-refractivity contribution in [3.05, 3.63) is 48.0 Å². The third-order valence-electron chi connectivity index (χ3n) is 4.92. The summed E-state index contributed by atoms with van der Waals surface area (Å²) in [5.41, 5.74) is 1.63. The highest BCUT2D eigenvalue weighted by Crippen LogP contribution is 2.33. The van der Waals surface area contributed by atoms with Gasteiger partial charge >= 0.3 is 0 Å². The maximum Gasteiger partial charge on any atom is 0.260 e. The number of hydrogen-bond acceptors (Lipinski definition) is 6. The van der Waals surface area contributed by atoms with Crippen molar-refractivity contribution >= 4 is 56.1 Å². The van der Waals surface area contributed by atoms with Crippen LogP contribution in [0.2, 0.25) is 0 Å². The SMILES string of the molecule is CSc1ccc2nc(N(CC3CCCO3)C(=O)c3cccc(SC(C)C)c3)sc2c1. The van der Waals surface area contributed by atoms with E-state index in [1.165, 1.54) is 4.90 Å². The quantitative estimate of drug-likeness (QED) is 0.386. The molecule has 2 aromatic carbocycles. The monoisotopic (exact) mass is 458 g/mol. The van der Waals surface area contributed by atoms with Crippen molar-refractivity contribution in [3.63, 3.8) is 0 Å². The fraction of sp³-hybridized carbons (Fsp3) is 0.391. The Morgan fingerprint density at radius 2 is 2.13 bits per heavy atom. The summed E-state index contributed by atoms with van der Waals surface area (Å²) in [6.45, 7) is 5.62. The van der Waals surface area contributed by atoms with Gasteiger partial charge in [-0.2, -0.15) is 0 Å². The number of ether oxygens (including phenoxy) is 1. The predicted molar refractivity (Wildman–Crippen MR) is 129 cm³/mol. The van der Waals surface area contributed by atoms with Gasteiger partial charge in [0.1, 0.15) is 0 Å².